The lowest BCUT2D eigenvalue weighted by Crippen LogP contribution is -2.46. The van der Waals surface area contributed by atoms with Gasteiger partial charge in [-0.15, -0.1) is 0 Å². The Balaban J connectivity index is 2.61. The molecular formula is C26H45N2O4+. The van der Waals surface area contributed by atoms with E-state index in [1.54, 1.807) is 13.2 Å². The van der Waals surface area contributed by atoms with E-state index in [0.717, 1.165) is 29.6 Å². The number of unbranched alkanes of at least 4 members (excludes halogenated alkanes) is 9. The van der Waals surface area contributed by atoms with Gasteiger partial charge in [0.15, 0.2) is 0 Å². The number of ether oxygens (including phenoxy) is 1. The van der Waals surface area contributed by atoms with Gasteiger partial charge in [0.1, 0.15) is 18.8 Å². The molecule has 1 aromatic carbocycles. The maximum atomic E-state index is 11.0. The molecule has 0 saturated carbocycles. The normalized spacial score (nSPS) is 13.7. The molecule has 0 aliphatic heterocycles. The van der Waals surface area contributed by atoms with Crippen LogP contribution in [0.2, 0.25) is 0 Å². The lowest BCUT2D eigenvalue weighted by Gasteiger charge is -2.34. The van der Waals surface area contributed by atoms with Gasteiger partial charge >= 0.3 is 0 Å². The Morgan fingerprint density at radius 1 is 1.06 bits per heavy atom. The van der Waals surface area contributed by atoms with E-state index in [2.05, 4.69) is 14.0 Å². The summed E-state index contributed by atoms with van der Waals surface area (Å²) in [6.07, 6.45) is 14.7. The van der Waals surface area contributed by atoms with Crippen LogP contribution in [0.4, 0.5) is 0 Å². The largest absolute Gasteiger partial charge is 0.496 e. The molecular weight excluding hydrogens is 404 g/mol. The highest BCUT2D eigenvalue weighted by molar-refractivity contribution is 5.59. The van der Waals surface area contributed by atoms with Crippen molar-refractivity contribution < 1.29 is 19.2 Å². The molecule has 0 aromatic heterocycles. The summed E-state index contributed by atoms with van der Waals surface area (Å²) in [4.78, 5) is 10.7. The van der Waals surface area contributed by atoms with Crippen LogP contribution in [0.25, 0.3) is 6.08 Å². The van der Waals surface area contributed by atoms with E-state index >= 15 is 0 Å². The minimum Gasteiger partial charge on any atom is -0.496 e. The van der Waals surface area contributed by atoms with Gasteiger partial charge in [0.25, 0.3) is 0 Å². The molecule has 1 aromatic rings. The third-order valence-corrected chi connectivity index (χ3v) is 6.20. The Bertz CT molecular complexity index is 705. The van der Waals surface area contributed by atoms with Gasteiger partial charge in [0, 0.05) is 24.1 Å². The smallest absolute Gasteiger partial charge is 0.243 e. The molecule has 0 aliphatic carbocycles. The van der Waals surface area contributed by atoms with Gasteiger partial charge in [-0.2, -0.15) is 0 Å². The Kier molecular flexibility index (Phi) is 13.9. The van der Waals surface area contributed by atoms with Gasteiger partial charge < -0.3 is 14.3 Å². The summed E-state index contributed by atoms with van der Waals surface area (Å²) in [5.74, 6) is 0.626. The van der Waals surface area contributed by atoms with Crippen molar-refractivity contribution in [2.45, 2.75) is 84.6 Å². The monoisotopic (exact) mass is 449 g/mol. The number of methoxy groups -OCH3 is 1. The van der Waals surface area contributed by atoms with Gasteiger partial charge in [-0.3, -0.25) is 10.1 Å². The summed E-state index contributed by atoms with van der Waals surface area (Å²) < 4.78 is 6.15. The van der Waals surface area contributed by atoms with Gasteiger partial charge in [0.2, 0.25) is 5.70 Å². The summed E-state index contributed by atoms with van der Waals surface area (Å²) in [6, 6.07) is 5.86. The predicted octanol–water partition coefficient (Wildman–Crippen LogP) is 6.19. The van der Waals surface area contributed by atoms with Crippen LogP contribution < -0.4 is 4.74 Å². The van der Waals surface area contributed by atoms with Crippen molar-refractivity contribution in [1.29, 1.82) is 0 Å². The molecule has 32 heavy (non-hydrogen) atoms. The summed E-state index contributed by atoms with van der Waals surface area (Å²) >= 11 is 0. The molecule has 0 spiro atoms. The number of allylic oxidation sites excluding steroid dienone is 1. The topological polar surface area (TPSA) is 72.6 Å². The number of benzene rings is 1. The van der Waals surface area contributed by atoms with Crippen LogP contribution in [0.15, 0.2) is 23.9 Å². The highest BCUT2D eigenvalue weighted by Crippen LogP contribution is 2.25. The number of rotatable bonds is 18. The Labute approximate surface area is 195 Å². The van der Waals surface area contributed by atoms with Gasteiger partial charge in [0.05, 0.1) is 32.2 Å². The van der Waals surface area contributed by atoms with Crippen LogP contribution in [0, 0.1) is 10.1 Å². The summed E-state index contributed by atoms with van der Waals surface area (Å²) in [5, 5.41) is 20.7. The van der Waals surface area contributed by atoms with E-state index in [-0.39, 0.29) is 17.2 Å². The zero-order chi connectivity index (χ0) is 23.8. The summed E-state index contributed by atoms with van der Waals surface area (Å²) in [5.41, 5.74) is 1.89. The first-order valence-corrected chi connectivity index (χ1v) is 12.3. The van der Waals surface area contributed by atoms with Crippen molar-refractivity contribution in [1.82, 2.24) is 0 Å². The molecule has 1 unspecified atom stereocenters. The average Bonchev–Trinajstić information content (AvgIpc) is 2.75. The molecule has 0 amide bonds. The fourth-order valence-corrected chi connectivity index (χ4v) is 4.21. The van der Waals surface area contributed by atoms with E-state index in [1.807, 2.05) is 18.2 Å². The first kappa shape index (κ1) is 28.1. The van der Waals surface area contributed by atoms with Crippen molar-refractivity contribution >= 4 is 6.08 Å². The number of hydrogen-bond donors (Lipinski definition) is 1. The van der Waals surface area contributed by atoms with Crippen LogP contribution in [0.1, 0.15) is 89.2 Å². The quantitative estimate of drug-likeness (QED) is 0.125. The number of quaternary nitrogens is 1. The minimum absolute atomic E-state index is 0.0819. The number of likely N-dealkylation sites (N-methyl/N-ethyl adjacent to an activating group) is 1. The second-order valence-electron chi connectivity index (χ2n) is 9.25. The minimum atomic E-state index is -0.386. The van der Waals surface area contributed by atoms with Gasteiger partial charge in [-0.05, 0) is 31.0 Å². The molecule has 0 bridgehead atoms. The van der Waals surface area contributed by atoms with Crippen molar-refractivity contribution in [2.75, 3.05) is 33.9 Å². The first-order valence-electron chi connectivity index (χ1n) is 12.3. The van der Waals surface area contributed by atoms with Crippen LogP contribution in [0.5, 0.6) is 5.75 Å². The highest BCUT2D eigenvalue weighted by atomic mass is 16.6. The molecule has 0 heterocycles. The SMILES string of the molecule is CCCCCCCCCCCC[N+](C)(CCO)Cc1ccc(OC)c(/C=C(/C)[N+](=O)[O-])c1. The standard InChI is InChI=1S/C26H45N2O4/c1-5-6-7-8-9-10-11-12-13-14-17-28(3,18-19-29)22-24-15-16-26(32-4)25(21-24)20-23(2)27(30)31/h15-16,20-21,29H,5-14,17-19,22H2,1-4H3/q+1/b23-20-. The Morgan fingerprint density at radius 2 is 1.66 bits per heavy atom. The van der Waals surface area contributed by atoms with E-state index in [9.17, 15) is 15.2 Å². The molecule has 6 nitrogen and oxygen atoms in total. The molecule has 182 valence electrons. The van der Waals surface area contributed by atoms with Crippen LogP contribution in [-0.2, 0) is 6.54 Å². The molecule has 0 aliphatic rings. The van der Waals surface area contributed by atoms with Gasteiger partial charge in [-0.1, -0.05) is 58.3 Å². The zero-order valence-electron chi connectivity index (χ0n) is 20.8. The Hall–Kier alpha value is -1.92. The summed E-state index contributed by atoms with van der Waals surface area (Å²) in [7, 11) is 3.76. The van der Waals surface area contributed by atoms with Crippen LogP contribution >= 0.6 is 0 Å². The molecule has 6 heteroatoms. The third kappa shape index (κ3) is 11.1. The maximum Gasteiger partial charge on any atom is 0.243 e. The predicted molar refractivity (Wildman–Crippen MR) is 132 cm³/mol. The number of nitro groups is 1. The van der Waals surface area contributed by atoms with E-state index in [4.69, 9.17) is 4.74 Å². The average molecular weight is 450 g/mol. The molecule has 1 N–H and O–H groups in total. The van der Waals surface area contributed by atoms with Crippen LogP contribution in [0.3, 0.4) is 0 Å². The van der Waals surface area contributed by atoms with Crippen molar-refractivity contribution in [3.05, 3.63) is 45.1 Å². The lowest BCUT2D eigenvalue weighted by atomic mass is 10.1. The van der Waals surface area contributed by atoms with Crippen molar-refractivity contribution in [2.24, 2.45) is 0 Å². The van der Waals surface area contributed by atoms with Gasteiger partial charge in [-0.25, -0.2) is 0 Å². The summed E-state index contributed by atoms with van der Waals surface area (Å²) in [6.45, 7) is 6.39. The molecule has 0 saturated heterocycles. The lowest BCUT2D eigenvalue weighted by molar-refractivity contribution is -0.923. The van der Waals surface area contributed by atoms with E-state index in [0.29, 0.717) is 17.9 Å². The van der Waals surface area contributed by atoms with Crippen molar-refractivity contribution in [3.63, 3.8) is 0 Å². The highest BCUT2D eigenvalue weighted by Gasteiger charge is 2.22. The van der Waals surface area contributed by atoms with E-state index < -0.39 is 0 Å². The van der Waals surface area contributed by atoms with Crippen LogP contribution in [-0.4, -0.2) is 48.4 Å². The number of hydrogen-bond acceptors (Lipinski definition) is 4. The van der Waals surface area contributed by atoms with E-state index in [1.165, 1.54) is 64.7 Å². The molecule has 1 rings (SSSR count). The number of nitrogens with zero attached hydrogens (tertiary/aromatic N) is 2. The third-order valence-electron chi connectivity index (χ3n) is 6.20. The molecule has 0 radical (unpaired) electrons. The zero-order valence-corrected chi connectivity index (χ0v) is 20.8. The maximum absolute atomic E-state index is 11.0. The number of aliphatic hydroxyl groups is 1. The second-order valence-corrected chi connectivity index (χ2v) is 9.25. The first-order chi connectivity index (χ1) is 15.3. The molecule has 1 atom stereocenters. The second kappa shape index (κ2) is 15.8. The molecule has 0 fully saturated rings. The number of aliphatic hydroxyl groups excluding tert-OH is 1. The van der Waals surface area contributed by atoms with Crippen molar-refractivity contribution in [3.8, 4) is 5.75 Å². The fraction of sp³-hybridized carbons (Fsp3) is 0.692. The fourth-order valence-electron chi connectivity index (χ4n) is 4.21. The Morgan fingerprint density at radius 3 is 2.19 bits per heavy atom.